The zero-order valence-corrected chi connectivity index (χ0v) is 14.1. The molecule has 0 aliphatic rings. The summed E-state index contributed by atoms with van der Waals surface area (Å²) >= 11 is 0. The summed E-state index contributed by atoms with van der Waals surface area (Å²) in [6.45, 7) is 0. The molecule has 0 amide bonds. The Morgan fingerprint density at radius 2 is 0.833 bits per heavy atom. The van der Waals surface area contributed by atoms with Crippen LogP contribution in [0.25, 0.3) is 0 Å². The Bertz CT molecular complexity index is 1130. The predicted octanol–water partition coefficient (Wildman–Crippen LogP) is 6.25. The summed E-state index contributed by atoms with van der Waals surface area (Å²) in [5.41, 5.74) is -5.30. The van der Waals surface area contributed by atoms with Crippen molar-refractivity contribution in [2.45, 2.75) is 0 Å². The average Bonchev–Trinajstić information content (AvgIpc) is 2.75. The molecule has 1 nitrogen and oxygen atoms in total. The van der Waals surface area contributed by atoms with Gasteiger partial charge in [-0.1, -0.05) is 30.3 Å². The predicted molar refractivity (Wildman–Crippen MR) is 84.2 cm³/mol. The third-order valence-electron chi connectivity index (χ3n) is 3.90. The quantitative estimate of drug-likeness (QED) is 0.199. The normalized spacial score (nSPS) is 11.9. The molecular weight excluding hydrogens is 432 g/mol. The van der Waals surface area contributed by atoms with Crippen molar-refractivity contribution in [2.75, 3.05) is 0 Å². The molecule has 3 aromatic rings. The van der Waals surface area contributed by atoms with Crippen LogP contribution >= 0.6 is 0 Å². The Morgan fingerprint density at radius 1 is 0.467 bits per heavy atom. The molecule has 156 valence electrons. The average molecular weight is 437 g/mol. The van der Waals surface area contributed by atoms with Crippen molar-refractivity contribution in [3.05, 3.63) is 99.6 Å². The van der Waals surface area contributed by atoms with Gasteiger partial charge in [-0.3, -0.25) is 0 Å². The highest BCUT2D eigenvalue weighted by Gasteiger charge is 2.31. The Hall–Kier alpha value is -3.37. The third kappa shape index (κ3) is 3.29. The molecular formula is C19H5F10N. The van der Waals surface area contributed by atoms with Crippen molar-refractivity contribution in [2.24, 2.45) is 4.99 Å². The molecule has 0 fully saturated rings. The van der Waals surface area contributed by atoms with E-state index in [0.29, 0.717) is 0 Å². The van der Waals surface area contributed by atoms with Gasteiger partial charge < -0.3 is 0 Å². The summed E-state index contributed by atoms with van der Waals surface area (Å²) in [4.78, 5) is 3.08. The fraction of sp³-hybridized carbons (Fsp3) is 0. The van der Waals surface area contributed by atoms with Crippen LogP contribution in [0.15, 0.2) is 35.3 Å². The van der Waals surface area contributed by atoms with Crippen molar-refractivity contribution in [3.63, 3.8) is 0 Å². The van der Waals surface area contributed by atoms with Gasteiger partial charge in [0.25, 0.3) is 0 Å². The Morgan fingerprint density at radius 3 is 1.27 bits per heavy atom. The molecule has 0 saturated heterocycles. The molecule has 3 aromatic carbocycles. The lowest BCUT2D eigenvalue weighted by atomic mass is 10.00. The highest BCUT2D eigenvalue weighted by molar-refractivity contribution is 6.14. The zero-order valence-electron chi connectivity index (χ0n) is 14.1. The molecule has 0 bridgehead atoms. The van der Waals surface area contributed by atoms with E-state index in [2.05, 4.69) is 4.99 Å². The molecule has 0 aromatic heterocycles. The summed E-state index contributed by atoms with van der Waals surface area (Å²) in [7, 11) is 0. The molecule has 0 aliphatic carbocycles. The van der Waals surface area contributed by atoms with Crippen LogP contribution in [-0.2, 0) is 0 Å². The lowest BCUT2D eigenvalue weighted by Crippen LogP contribution is -2.15. The lowest BCUT2D eigenvalue weighted by molar-refractivity contribution is 0.377. The van der Waals surface area contributed by atoms with Crippen LogP contribution < -0.4 is 0 Å². The number of aliphatic imine (C=N–C) groups is 1. The van der Waals surface area contributed by atoms with Gasteiger partial charge in [-0.15, -0.1) is 0 Å². The number of nitrogens with zero attached hydrogens (tertiary/aromatic N) is 1. The lowest BCUT2D eigenvalue weighted by Gasteiger charge is -2.13. The maximum Gasteiger partial charge on any atom is 0.200 e. The number of hydrogen-bond acceptors (Lipinski definition) is 1. The van der Waals surface area contributed by atoms with Crippen LogP contribution in [0.2, 0.25) is 0 Å². The Kier molecular flexibility index (Phi) is 5.55. The van der Waals surface area contributed by atoms with E-state index < -0.39 is 80.7 Å². The zero-order chi connectivity index (χ0) is 22.3. The Balaban J connectivity index is 2.46. The summed E-state index contributed by atoms with van der Waals surface area (Å²) in [6.07, 6.45) is 0. The first kappa shape index (κ1) is 21.3. The second kappa shape index (κ2) is 7.81. The van der Waals surface area contributed by atoms with Crippen molar-refractivity contribution < 1.29 is 43.9 Å². The van der Waals surface area contributed by atoms with Gasteiger partial charge >= 0.3 is 0 Å². The van der Waals surface area contributed by atoms with E-state index in [-0.39, 0.29) is 0 Å². The summed E-state index contributed by atoms with van der Waals surface area (Å²) < 4.78 is 137. The van der Waals surface area contributed by atoms with Gasteiger partial charge in [0.2, 0.25) is 11.6 Å². The topological polar surface area (TPSA) is 12.4 Å². The Labute approximate surface area is 160 Å². The summed E-state index contributed by atoms with van der Waals surface area (Å²) in [6, 6.07) is 5.77. The van der Waals surface area contributed by atoms with E-state index >= 15 is 0 Å². The van der Waals surface area contributed by atoms with E-state index in [0.717, 1.165) is 12.1 Å². The van der Waals surface area contributed by atoms with Crippen LogP contribution in [-0.4, -0.2) is 5.71 Å². The highest BCUT2D eigenvalue weighted by atomic mass is 19.2. The molecule has 3 rings (SSSR count). The van der Waals surface area contributed by atoms with Crippen molar-refractivity contribution >= 4 is 11.4 Å². The molecule has 0 atom stereocenters. The van der Waals surface area contributed by atoms with Crippen molar-refractivity contribution in [3.8, 4) is 0 Å². The molecule has 0 unspecified atom stereocenters. The minimum atomic E-state index is -2.53. The largest absolute Gasteiger partial charge is 0.241 e. The fourth-order valence-corrected chi connectivity index (χ4v) is 2.48. The first-order chi connectivity index (χ1) is 14.1. The number of rotatable bonds is 3. The van der Waals surface area contributed by atoms with Gasteiger partial charge in [-0.2, -0.15) is 0 Å². The molecule has 0 aliphatic heterocycles. The molecule has 0 N–H and O–H groups in total. The number of halogens is 10. The van der Waals surface area contributed by atoms with Crippen LogP contribution in [0, 0.1) is 58.2 Å². The van der Waals surface area contributed by atoms with Gasteiger partial charge in [-0.25, -0.2) is 48.9 Å². The maximum absolute atomic E-state index is 14.3. The van der Waals surface area contributed by atoms with E-state index in [1.807, 2.05) is 0 Å². The SMILES string of the molecule is Fc1c(F)c(F)c(N=C(c2ccccc2)c2c(F)c(F)c(F)c(F)c2F)c(F)c1F. The van der Waals surface area contributed by atoms with E-state index in [9.17, 15) is 43.9 Å². The minimum Gasteiger partial charge on any atom is -0.241 e. The van der Waals surface area contributed by atoms with Gasteiger partial charge in [0.15, 0.2) is 46.5 Å². The smallest absolute Gasteiger partial charge is 0.200 e. The second-order valence-corrected chi connectivity index (χ2v) is 5.69. The van der Waals surface area contributed by atoms with Crippen LogP contribution in [0.4, 0.5) is 49.6 Å². The first-order valence-corrected chi connectivity index (χ1v) is 7.75. The first-order valence-electron chi connectivity index (χ1n) is 7.75. The van der Waals surface area contributed by atoms with Crippen molar-refractivity contribution in [1.29, 1.82) is 0 Å². The number of hydrogen-bond donors (Lipinski definition) is 0. The second-order valence-electron chi connectivity index (χ2n) is 5.69. The van der Waals surface area contributed by atoms with E-state index in [1.54, 1.807) is 0 Å². The summed E-state index contributed by atoms with van der Waals surface area (Å²) in [5.74, 6) is -24.5. The van der Waals surface area contributed by atoms with E-state index in [1.165, 1.54) is 18.2 Å². The monoisotopic (exact) mass is 437 g/mol. The van der Waals surface area contributed by atoms with Crippen LogP contribution in [0.1, 0.15) is 11.1 Å². The molecule has 0 spiro atoms. The molecule has 0 radical (unpaired) electrons. The molecule has 11 heteroatoms. The van der Waals surface area contributed by atoms with Gasteiger partial charge in [-0.05, 0) is 0 Å². The van der Waals surface area contributed by atoms with E-state index in [4.69, 9.17) is 0 Å². The fourth-order valence-electron chi connectivity index (χ4n) is 2.48. The van der Waals surface area contributed by atoms with Crippen LogP contribution in [0.3, 0.4) is 0 Å². The molecule has 0 saturated carbocycles. The van der Waals surface area contributed by atoms with Crippen LogP contribution in [0.5, 0.6) is 0 Å². The molecule has 0 heterocycles. The van der Waals surface area contributed by atoms with Gasteiger partial charge in [0.1, 0.15) is 5.69 Å². The molecule has 30 heavy (non-hydrogen) atoms. The minimum absolute atomic E-state index is 0.440. The third-order valence-corrected chi connectivity index (χ3v) is 3.90. The number of benzene rings is 3. The van der Waals surface area contributed by atoms with Gasteiger partial charge in [0, 0.05) is 5.56 Å². The maximum atomic E-state index is 14.3. The summed E-state index contributed by atoms with van der Waals surface area (Å²) in [5, 5.41) is 0. The van der Waals surface area contributed by atoms with Gasteiger partial charge in [0.05, 0.1) is 11.3 Å². The highest BCUT2D eigenvalue weighted by Crippen LogP contribution is 2.32. The standard InChI is InChI=1S/C19H5F10N/c20-8-7(9(21)11(23)12(24)10(8)22)18(6-4-2-1-3-5-6)30-19-16(28)14(26)13(25)15(27)17(19)29/h1-5H. The van der Waals surface area contributed by atoms with Crippen molar-refractivity contribution in [1.82, 2.24) is 0 Å².